The van der Waals surface area contributed by atoms with E-state index in [2.05, 4.69) is 52.7 Å². The number of carbonyl (C=O) groups excluding carboxylic acids is 6. The van der Waals surface area contributed by atoms with Crippen LogP contribution in [-0.2, 0) is 57.2 Å². The van der Waals surface area contributed by atoms with Crippen LogP contribution in [0.25, 0.3) is 11.1 Å². The molecule has 8 rings (SSSR count). The number of halogens is 3. The number of piperazine rings is 2. The standard InChI is InChI=1S/C58H72F3N9O12/c1-66-17-23-69(24-18-66)48-11-10-43(36-47(48)64-54(74)45-38-63-52(73)37-46(45)58(59,60)61)42-7-2-5-40(35-42)39-68-21-19-67(20-22-68)16-15-62-50(71)14-26-79-28-30-81-32-34-82-33-31-80-29-27-78-25-4-8-41-6-3-9-44-53(41)57(77)70(56(44)76)49-12-13-51(72)65-55(49)75/h2-3,5-7,9-11,35-38,49H,4,8,12-34,39H2,1H3,(H,62,71)(H,63,73)(H,64,74)(H,65,72,75). The first-order chi connectivity index (χ1) is 39.6. The van der Waals surface area contributed by atoms with Crippen LogP contribution in [0.3, 0.4) is 0 Å². The summed E-state index contributed by atoms with van der Waals surface area (Å²) in [5.41, 5.74) is 2.15. The van der Waals surface area contributed by atoms with Crippen molar-refractivity contribution in [2.45, 2.75) is 50.9 Å². The third kappa shape index (κ3) is 17.1. The molecular formula is C58H72F3N9O12. The van der Waals surface area contributed by atoms with Crippen LogP contribution in [0, 0.1) is 0 Å². The molecule has 0 bridgehead atoms. The summed E-state index contributed by atoms with van der Waals surface area (Å²) in [6, 6.07) is 18.2. The zero-order chi connectivity index (χ0) is 58.0. The summed E-state index contributed by atoms with van der Waals surface area (Å²) in [6.07, 6.45) is -2.58. The minimum absolute atomic E-state index is 0.0627. The molecule has 0 saturated carbocycles. The molecule has 442 valence electrons. The first-order valence-corrected chi connectivity index (χ1v) is 27.8. The molecule has 1 aromatic heterocycles. The van der Waals surface area contributed by atoms with Crippen LogP contribution in [0.2, 0.25) is 0 Å². The highest BCUT2D eigenvalue weighted by molar-refractivity contribution is 6.24. The number of benzene rings is 3. The Morgan fingerprint density at radius 3 is 2.04 bits per heavy atom. The van der Waals surface area contributed by atoms with Crippen LogP contribution >= 0.6 is 0 Å². The summed E-state index contributed by atoms with van der Waals surface area (Å²) >= 11 is 0. The summed E-state index contributed by atoms with van der Waals surface area (Å²) in [5, 5.41) is 7.93. The Labute approximate surface area is 473 Å². The lowest BCUT2D eigenvalue weighted by Crippen LogP contribution is -2.54. The number of carbonyl (C=O) groups is 6. The molecule has 5 heterocycles. The molecule has 4 aliphatic rings. The lowest BCUT2D eigenvalue weighted by atomic mass is 9.99. The molecule has 3 fully saturated rings. The third-order valence-corrected chi connectivity index (χ3v) is 14.7. The van der Waals surface area contributed by atoms with E-state index >= 15 is 0 Å². The monoisotopic (exact) mass is 1140 g/mol. The number of aryl methyl sites for hydroxylation is 1. The zero-order valence-electron chi connectivity index (χ0n) is 46.2. The molecule has 0 radical (unpaired) electrons. The molecule has 4 aromatic rings. The van der Waals surface area contributed by atoms with Gasteiger partial charge < -0.3 is 49.1 Å². The molecule has 0 aliphatic carbocycles. The van der Waals surface area contributed by atoms with Crippen molar-refractivity contribution >= 4 is 46.8 Å². The Hall–Kier alpha value is -6.90. The molecule has 21 nitrogen and oxygen atoms in total. The molecule has 3 saturated heterocycles. The number of aromatic nitrogens is 1. The van der Waals surface area contributed by atoms with Crippen molar-refractivity contribution in [3.63, 3.8) is 0 Å². The van der Waals surface area contributed by atoms with Crippen LogP contribution in [0.1, 0.15) is 73.4 Å². The van der Waals surface area contributed by atoms with Crippen LogP contribution in [0.4, 0.5) is 24.5 Å². The number of ether oxygens (including phenoxy) is 5. The number of hydrogen-bond acceptors (Lipinski definition) is 16. The Morgan fingerprint density at radius 2 is 1.35 bits per heavy atom. The second-order valence-corrected chi connectivity index (χ2v) is 20.5. The van der Waals surface area contributed by atoms with E-state index in [1.165, 1.54) is 0 Å². The number of imide groups is 2. The van der Waals surface area contributed by atoms with E-state index in [9.17, 15) is 46.7 Å². The van der Waals surface area contributed by atoms with E-state index < -0.39 is 58.4 Å². The second kappa shape index (κ2) is 29.9. The van der Waals surface area contributed by atoms with E-state index in [0.29, 0.717) is 127 Å². The second-order valence-electron chi connectivity index (χ2n) is 20.5. The topological polar surface area (TPSA) is 234 Å². The van der Waals surface area contributed by atoms with Gasteiger partial charge in [0.25, 0.3) is 17.7 Å². The quantitative estimate of drug-likeness (QED) is 0.0447. The van der Waals surface area contributed by atoms with Crippen molar-refractivity contribution < 1.29 is 65.6 Å². The molecule has 1 unspecified atom stereocenters. The van der Waals surface area contributed by atoms with Gasteiger partial charge in [-0.3, -0.25) is 53.6 Å². The summed E-state index contributed by atoms with van der Waals surface area (Å²) in [6.45, 7) is 11.9. The Morgan fingerprint density at radius 1 is 0.707 bits per heavy atom. The minimum Gasteiger partial charge on any atom is -0.379 e. The van der Waals surface area contributed by atoms with E-state index in [0.717, 1.165) is 73.6 Å². The lowest BCUT2D eigenvalue weighted by Gasteiger charge is -2.35. The lowest BCUT2D eigenvalue weighted by molar-refractivity contribution is -0.138. The number of aromatic amines is 1. The maximum Gasteiger partial charge on any atom is 0.417 e. The number of nitrogens with zero attached hydrogens (tertiary/aromatic N) is 5. The zero-order valence-corrected chi connectivity index (χ0v) is 46.2. The number of anilines is 2. The first-order valence-electron chi connectivity index (χ1n) is 27.8. The number of piperidine rings is 1. The van der Waals surface area contributed by atoms with Gasteiger partial charge in [0.1, 0.15) is 6.04 Å². The molecule has 6 amide bonds. The SMILES string of the molecule is CN1CCN(c2ccc(-c3cccc(CN4CCN(CCNC(=O)CCOCCOCCOCCOCCOCCCc5cccc6c5C(=O)N(C5CCC(=O)NC5=O)C6=O)CC4)c3)cc2NC(=O)c2c[nH]c(=O)cc2C(F)(F)F)CC1. The van der Waals surface area contributed by atoms with Crippen molar-refractivity contribution in [1.29, 1.82) is 0 Å². The number of fused-ring (bicyclic) bond motifs is 1. The average Bonchev–Trinajstić information content (AvgIpc) is 3.63. The van der Waals surface area contributed by atoms with E-state index in [1.54, 1.807) is 24.3 Å². The fourth-order valence-corrected chi connectivity index (χ4v) is 10.2. The van der Waals surface area contributed by atoms with Gasteiger partial charge in [-0.15, -0.1) is 0 Å². The van der Waals surface area contributed by atoms with Gasteiger partial charge in [0, 0.05) is 104 Å². The smallest absolute Gasteiger partial charge is 0.379 e. The average molecular weight is 1140 g/mol. The predicted octanol–water partition coefficient (Wildman–Crippen LogP) is 3.81. The number of nitrogens with one attached hydrogen (secondary N) is 4. The van der Waals surface area contributed by atoms with Crippen molar-refractivity contribution in [2.75, 3.05) is 149 Å². The van der Waals surface area contributed by atoms with Crippen LogP contribution in [0.5, 0.6) is 0 Å². The summed E-state index contributed by atoms with van der Waals surface area (Å²) in [7, 11) is 2.02. The van der Waals surface area contributed by atoms with Crippen LogP contribution in [-0.4, -0.2) is 205 Å². The van der Waals surface area contributed by atoms with Crippen molar-refractivity contribution in [3.05, 3.63) is 117 Å². The molecule has 1 atom stereocenters. The summed E-state index contributed by atoms with van der Waals surface area (Å²) in [5.74, 6) is -3.17. The van der Waals surface area contributed by atoms with Gasteiger partial charge in [-0.05, 0) is 72.8 Å². The Kier molecular flexibility index (Phi) is 22.3. The van der Waals surface area contributed by atoms with Crippen LogP contribution < -0.4 is 26.4 Å². The highest BCUT2D eigenvalue weighted by atomic mass is 19.4. The van der Waals surface area contributed by atoms with Crippen molar-refractivity contribution in [1.82, 2.24) is 35.2 Å². The van der Waals surface area contributed by atoms with E-state index in [1.807, 2.05) is 31.3 Å². The number of alkyl halides is 3. The molecule has 24 heteroatoms. The normalized spacial score (nSPS) is 17.3. The fraction of sp³-hybridized carbons (Fsp3) is 0.500. The number of hydrogen-bond donors (Lipinski definition) is 4. The largest absolute Gasteiger partial charge is 0.417 e. The summed E-state index contributed by atoms with van der Waals surface area (Å²) < 4.78 is 69.7. The van der Waals surface area contributed by atoms with Crippen LogP contribution in [0.15, 0.2) is 77.7 Å². The summed E-state index contributed by atoms with van der Waals surface area (Å²) in [4.78, 5) is 100. The van der Waals surface area contributed by atoms with Crippen molar-refractivity contribution in [2.24, 2.45) is 0 Å². The first kappa shape index (κ1) is 61.2. The number of rotatable bonds is 29. The third-order valence-electron chi connectivity index (χ3n) is 14.7. The van der Waals surface area contributed by atoms with Gasteiger partial charge in [0.05, 0.1) is 93.1 Å². The molecule has 82 heavy (non-hydrogen) atoms. The fourth-order valence-electron chi connectivity index (χ4n) is 10.2. The van der Waals surface area contributed by atoms with Gasteiger partial charge in [-0.25, -0.2) is 0 Å². The number of H-pyrrole nitrogens is 1. The Balaban J connectivity index is 0.631. The van der Waals surface area contributed by atoms with Gasteiger partial charge >= 0.3 is 6.18 Å². The Bertz CT molecular complexity index is 2930. The number of likely N-dealkylation sites (N-methyl/N-ethyl adjacent to an activating group) is 1. The minimum atomic E-state index is -4.91. The molecule has 4 N–H and O–H groups in total. The maximum absolute atomic E-state index is 13.9. The molecule has 4 aliphatic heterocycles. The molecule has 0 spiro atoms. The predicted molar refractivity (Wildman–Crippen MR) is 296 cm³/mol. The number of amides is 6. The highest BCUT2D eigenvalue weighted by Gasteiger charge is 2.45. The van der Waals surface area contributed by atoms with Gasteiger partial charge in [0.2, 0.25) is 23.3 Å². The van der Waals surface area contributed by atoms with E-state index in [4.69, 9.17) is 23.7 Å². The maximum atomic E-state index is 13.9. The number of pyridine rings is 1. The molecular weight excluding hydrogens is 1070 g/mol. The highest BCUT2D eigenvalue weighted by Crippen LogP contribution is 2.36. The van der Waals surface area contributed by atoms with Gasteiger partial charge in [-0.1, -0.05) is 36.4 Å². The molecule has 3 aromatic carbocycles. The van der Waals surface area contributed by atoms with Gasteiger partial charge in [0.15, 0.2) is 0 Å². The van der Waals surface area contributed by atoms with Gasteiger partial charge in [-0.2, -0.15) is 13.2 Å². The van der Waals surface area contributed by atoms with E-state index in [-0.39, 0.29) is 37.3 Å². The van der Waals surface area contributed by atoms with Crippen molar-refractivity contribution in [3.8, 4) is 11.1 Å².